The van der Waals surface area contributed by atoms with Gasteiger partial charge in [-0.2, -0.15) is 0 Å². The molecular weight excluding hydrogens is 462 g/mol. The summed E-state index contributed by atoms with van der Waals surface area (Å²) in [5.41, 5.74) is 4.43. The van der Waals surface area contributed by atoms with E-state index in [-0.39, 0.29) is 29.8 Å². The number of likely N-dealkylation sites (tertiary alicyclic amines) is 1. The summed E-state index contributed by atoms with van der Waals surface area (Å²) in [6, 6.07) is 9.72. The summed E-state index contributed by atoms with van der Waals surface area (Å²) in [5, 5.41) is 7.37. The minimum Gasteiger partial charge on any atom is -0.343 e. The first-order valence-corrected chi connectivity index (χ1v) is 13.8. The van der Waals surface area contributed by atoms with Gasteiger partial charge < -0.3 is 20.1 Å². The van der Waals surface area contributed by atoms with E-state index in [0.29, 0.717) is 6.54 Å². The van der Waals surface area contributed by atoms with Gasteiger partial charge in [-0.1, -0.05) is 37.5 Å². The largest absolute Gasteiger partial charge is 0.343 e. The standard InChI is InChI=1S/C30H39N5O2/c1-20-19-35(27-13-8-7-12-25(20)27)24-16-23(17-32-18-24)26-14-9-15-34(26)30(37)28(22-10-5-4-6-11-22)33-29(36)21(2)31-3/h7-8,12-13,16-19,21-22,26,28,31H,4-6,9-11,14-15H2,1-3H3,(H,33,36)/t21-,26-,28-/m0/s1. The van der Waals surface area contributed by atoms with Gasteiger partial charge >= 0.3 is 0 Å². The number of pyridine rings is 1. The first kappa shape index (κ1) is 25.5. The minimum atomic E-state index is -0.476. The highest BCUT2D eigenvalue weighted by atomic mass is 16.2. The summed E-state index contributed by atoms with van der Waals surface area (Å²) >= 11 is 0. The fourth-order valence-electron chi connectivity index (χ4n) is 6.14. The maximum Gasteiger partial charge on any atom is 0.245 e. The van der Waals surface area contributed by atoms with Crippen LogP contribution < -0.4 is 10.6 Å². The third-order valence-electron chi connectivity index (χ3n) is 8.37. The number of rotatable bonds is 7. The van der Waals surface area contributed by atoms with Crippen molar-refractivity contribution in [3.8, 4) is 5.69 Å². The molecule has 1 aliphatic heterocycles. The highest BCUT2D eigenvalue weighted by molar-refractivity contribution is 5.90. The van der Waals surface area contributed by atoms with Crippen LogP contribution in [0.2, 0.25) is 0 Å². The Morgan fingerprint density at radius 1 is 1.05 bits per heavy atom. The molecule has 7 nitrogen and oxygen atoms in total. The number of para-hydroxylation sites is 1. The van der Waals surface area contributed by atoms with E-state index >= 15 is 0 Å². The molecule has 0 unspecified atom stereocenters. The van der Waals surface area contributed by atoms with Crippen LogP contribution in [0.5, 0.6) is 0 Å². The van der Waals surface area contributed by atoms with E-state index < -0.39 is 6.04 Å². The molecule has 196 valence electrons. The minimum absolute atomic E-state index is 0.0346. The van der Waals surface area contributed by atoms with Gasteiger partial charge in [-0.15, -0.1) is 0 Å². The highest BCUT2D eigenvalue weighted by Gasteiger charge is 2.39. The van der Waals surface area contributed by atoms with Crippen LogP contribution >= 0.6 is 0 Å². The van der Waals surface area contributed by atoms with Crippen LogP contribution in [0, 0.1) is 12.8 Å². The molecule has 2 fully saturated rings. The number of amides is 2. The second-order valence-corrected chi connectivity index (χ2v) is 10.8. The summed E-state index contributed by atoms with van der Waals surface area (Å²) in [7, 11) is 1.77. The number of aryl methyl sites for hydroxylation is 1. The molecule has 0 radical (unpaired) electrons. The summed E-state index contributed by atoms with van der Waals surface area (Å²) in [6.45, 7) is 4.67. The fraction of sp³-hybridized carbons (Fsp3) is 0.500. The molecule has 1 aromatic carbocycles. The zero-order valence-corrected chi connectivity index (χ0v) is 22.2. The SMILES string of the molecule is CN[C@@H](C)C(=O)N[C@H](C(=O)N1CCC[C@H]1c1cncc(-n2cc(C)c3ccccc32)c1)C1CCCCC1. The van der Waals surface area contributed by atoms with Crippen LogP contribution in [0.25, 0.3) is 16.6 Å². The molecule has 7 heteroatoms. The van der Waals surface area contributed by atoms with Crippen molar-refractivity contribution < 1.29 is 9.59 Å². The van der Waals surface area contributed by atoms with Crippen molar-refractivity contribution >= 4 is 22.7 Å². The third kappa shape index (κ3) is 5.14. The highest BCUT2D eigenvalue weighted by Crippen LogP contribution is 2.36. The molecule has 2 aliphatic rings. The summed E-state index contributed by atoms with van der Waals surface area (Å²) < 4.78 is 2.19. The molecule has 1 saturated carbocycles. The topological polar surface area (TPSA) is 79.3 Å². The Labute approximate surface area is 219 Å². The van der Waals surface area contributed by atoms with E-state index in [0.717, 1.165) is 55.3 Å². The Morgan fingerprint density at radius 3 is 2.62 bits per heavy atom. The first-order valence-electron chi connectivity index (χ1n) is 13.8. The van der Waals surface area contributed by atoms with Gasteiger partial charge in [0.25, 0.3) is 0 Å². The van der Waals surface area contributed by atoms with Crippen molar-refractivity contribution in [3.05, 3.63) is 60.0 Å². The monoisotopic (exact) mass is 501 g/mol. The lowest BCUT2D eigenvalue weighted by Gasteiger charge is -2.35. The zero-order chi connectivity index (χ0) is 25.9. The van der Waals surface area contributed by atoms with Crippen LogP contribution in [0.3, 0.4) is 0 Å². The number of hydrogen-bond donors (Lipinski definition) is 2. The Bertz CT molecular complexity index is 1260. The van der Waals surface area contributed by atoms with Crippen LogP contribution in [-0.2, 0) is 9.59 Å². The van der Waals surface area contributed by atoms with E-state index in [4.69, 9.17) is 0 Å². The Hall–Kier alpha value is -3.19. The number of likely N-dealkylation sites (N-methyl/N-ethyl adjacent to an activating group) is 1. The third-order valence-corrected chi connectivity index (χ3v) is 8.37. The molecule has 2 aromatic heterocycles. The molecule has 3 aromatic rings. The van der Waals surface area contributed by atoms with Crippen molar-refractivity contribution in [2.24, 2.45) is 5.92 Å². The van der Waals surface area contributed by atoms with Gasteiger partial charge in [0.2, 0.25) is 11.8 Å². The number of nitrogens with one attached hydrogen (secondary N) is 2. The summed E-state index contributed by atoms with van der Waals surface area (Å²) in [6.07, 6.45) is 13.2. The average Bonchev–Trinajstić information content (AvgIpc) is 3.57. The number of aromatic nitrogens is 2. The molecule has 37 heavy (non-hydrogen) atoms. The van der Waals surface area contributed by atoms with Crippen molar-refractivity contribution in [1.29, 1.82) is 0 Å². The zero-order valence-electron chi connectivity index (χ0n) is 22.2. The van der Waals surface area contributed by atoms with Gasteiger partial charge in [-0.25, -0.2) is 0 Å². The number of carbonyl (C=O) groups excluding carboxylic acids is 2. The fourth-order valence-corrected chi connectivity index (χ4v) is 6.14. The van der Waals surface area contributed by atoms with E-state index in [2.05, 4.69) is 63.6 Å². The molecule has 0 spiro atoms. The lowest BCUT2D eigenvalue weighted by atomic mass is 9.83. The van der Waals surface area contributed by atoms with E-state index in [9.17, 15) is 9.59 Å². The maximum absolute atomic E-state index is 14.1. The van der Waals surface area contributed by atoms with Crippen molar-refractivity contribution in [3.63, 3.8) is 0 Å². The number of nitrogens with zero attached hydrogens (tertiary/aromatic N) is 3. The van der Waals surface area contributed by atoms with E-state index in [1.54, 1.807) is 7.05 Å². The van der Waals surface area contributed by atoms with Gasteiger partial charge in [-0.05, 0) is 75.8 Å². The van der Waals surface area contributed by atoms with E-state index in [1.165, 1.54) is 17.4 Å². The van der Waals surface area contributed by atoms with Crippen molar-refractivity contribution in [2.45, 2.75) is 76.9 Å². The number of benzene rings is 1. The van der Waals surface area contributed by atoms with Gasteiger partial charge in [0.15, 0.2) is 0 Å². The molecule has 1 saturated heterocycles. The predicted octanol–water partition coefficient (Wildman–Crippen LogP) is 4.67. The molecule has 1 aliphatic carbocycles. The van der Waals surface area contributed by atoms with Crippen LogP contribution in [0.1, 0.15) is 69.0 Å². The molecule has 3 heterocycles. The lowest BCUT2D eigenvalue weighted by Crippen LogP contribution is -2.55. The van der Waals surface area contributed by atoms with Crippen molar-refractivity contribution in [1.82, 2.24) is 25.1 Å². The average molecular weight is 502 g/mol. The quantitative estimate of drug-likeness (QED) is 0.493. The normalized spacial score (nSPS) is 20.2. The Morgan fingerprint density at radius 2 is 1.84 bits per heavy atom. The van der Waals surface area contributed by atoms with Gasteiger partial charge in [0, 0.05) is 24.3 Å². The molecule has 2 N–H and O–H groups in total. The molecular formula is C30H39N5O2. The molecule has 3 atom stereocenters. The smallest absolute Gasteiger partial charge is 0.245 e. The van der Waals surface area contributed by atoms with Crippen LogP contribution in [-0.4, -0.2) is 51.9 Å². The summed E-state index contributed by atoms with van der Waals surface area (Å²) in [5.74, 6) is 0.133. The molecule has 2 amide bonds. The van der Waals surface area contributed by atoms with Gasteiger partial charge in [0.05, 0.1) is 29.5 Å². The Balaban J connectivity index is 1.43. The van der Waals surface area contributed by atoms with Crippen LogP contribution in [0.15, 0.2) is 48.9 Å². The molecule has 0 bridgehead atoms. The lowest BCUT2D eigenvalue weighted by molar-refractivity contribution is -0.139. The van der Waals surface area contributed by atoms with Crippen molar-refractivity contribution in [2.75, 3.05) is 13.6 Å². The second-order valence-electron chi connectivity index (χ2n) is 10.8. The maximum atomic E-state index is 14.1. The van der Waals surface area contributed by atoms with Gasteiger partial charge in [-0.3, -0.25) is 14.6 Å². The predicted molar refractivity (Wildman–Crippen MR) is 147 cm³/mol. The number of carbonyl (C=O) groups is 2. The van der Waals surface area contributed by atoms with Crippen LogP contribution in [0.4, 0.5) is 0 Å². The van der Waals surface area contributed by atoms with E-state index in [1.807, 2.05) is 24.2 Å². The van der Waals surface area contributed by atoms with Gasteiger partial charge in [0.1, 0.15) is 6.04 Å². The first-order chi connectivity index (χ1) is 18.0. The number of fused-ring (bicyclic) bond motifs is 1. The summed E-state index contributed by atoms with van der Waals surface area (Å²) in [4.78, 5) is 33.5. The molecule has 5 rings (SSSR count). The second kappa shape index (κ2) is 11.1. The number of hydrogen-bond acceptors (Lipinski definition) is 4. The Kier molecular flexibility index (Phi) is 7.60.